The maximum Gasteiger partial charge on any atom is 0.229 e. The molecule has 0 aliphatic carbocycles. The fraction of sp³-hybridized carbons (Fsp3) is 0.476. The van der Waals surface area contributed by atoms with E-state index in [1.54, 1.807) is 0 Å². The Morgan fingerprint density at radius 3 is 2.33 bits per heavy atom. The van der Waals surface area contributed by atoms with Crippen LogP contribution in [-0.4, -0.2) is 29.0 Å². The average molecular weight is 367 g/mol. The molecule has 6 nitrogen and oxygen atoms in total. The van der Waals surface area contributed by atoms with Gasteiger partial charge in [-0.3, -0.25) is 4.79 Å². The number of carbonyl (C=O) groups is 1. The molecule has 0 atom stereocenters. The minimum atomic E-state index is -0.0267. The van der Waals surface area contributed by atoms with Crippen molar-refractivity contribution < 1.29 is 4.79 Å². The number of nitrogens with zero attached hydrogens (tertiary/aromatic N) is 3. The zero-order valence-corrected chi connectivity index (χ0v) is 16.7. The Hall–Kier alpha value is -2.63. The summed E-state index contributed by atoms with van der Waals surface area (Å²) >= 11 is 0. The quantitative estimate of drug-likeness (QED) is 0.814. The van der Waals surface area contributed by atoms with Crippen LogP contribution in [0.2, 0.25) is 0 Å². The molecule has 0 spiro atoms. The summed E-state index contributed by atoms with van der Waals surface area (Å²) in [5.41, 5.74) is 2.60. The molecule has 2 heterocycles. The molecule has 27 heavy (non-hydrogen) atoms. The lowest BCUT2D eigenvalue weighted by Crippen LogP contribution is -2.20. The zero-order valence-electron chi connectivity index (χ0n) is 16.7. The molecular weight excluding hydrogens is 338 g/mol. The highest BCUT2D eigenvalue weighted by Crippen LogP contribution is 2.23. The number of aryl methyl sites for hydroxylation is 1. The summed E-state index contributed by atoms with van der Waals surface area (Å²) in [5, 5.41) is 6.21. The van der Waals surface area contributed by atoms with Crippen LogP contribution in [0.4, 0.5) is 23.1 Å². The molecule has 1 aliphatic heterocycles. The van der Waals surface area contributed by atoms with Crippen molar-refractivity contribution in [3.05, 3.63) is 36.0 Å². The van der Waals surface area contributed by atoms with Crippen LogP contribution in [0.5, 0.6) is 0 Å². The molecule has 2 N–H and O–H groups in total. The Morgan fingerprint density at radius 2 is 1.70 bits per heavy atom. The zero-order chi connectivity index (χ0) is 19.4. The van der Waals surface area contributed by atoms with Gasteiger partial charge in [0.1, 0.15) is 5.82 Å². The molecule has 3 rings (SSSR count). The van der Waals surface area contributed by atoms with Crippen molar-refractivity contribution in [1.29, 1.82) is 0 Å². The summed E-state index contributed by atoms with van der Waals surface area (Å²) < 4.78 is 0. The number of nitrogens with one attached hydrogen (secondary N) is 2. The number of hydrogen-bond donors (Lipinski definition) is 2. The number of carbonyl (C=O) groups excluding carboxylic acids is 1. The molecule has 2 aromatic rings. The van der Waals surface area contributed by atoms with Gasteiger partial charge >= 0.3 is 0 Å². The first-order valence-electron chi connectivity index (χ1n) is 9.56. The molecule has 6 heteroatoms. The number of anilines is 4. The van der Waals surface area contributed by atoms with Crippen LogP contribution < -0.4 is 15.5 Å². The van der Waals surface area contributed by atoms with Crippen LogP contribution in [0, 0.1) is 12.3 Å². The van der Waals surface area contributed by atoms with Gasteiger partial charge in [0, 0.05) is 42.6 Å². The standard InChI is InChI=1S/C21H29N5O/c1-15-13-18(26-11-5-6-12-26)25-20(22-15)24-17-9-7-16(8-10-17)23-19(27)14-21(2,3)4/h7-10,13H,5-6,11-12,14H2,1-4H3,(H,23,27)(H,22,24,25). The van der Waals surface area contributed by atoms with Crippen LogP contribution in [0.15, 0.2) is 30.3 Å². The highest BCUT2D eigenvalue weighted by molar-refractivity contribution is 5.91. The summed E-state index contributed by atoms with van der Waals surface area (Å²) in [7, 11) is 0. The highest BCUT2D eigenvalue weighted by atomic mass is 16.1. The van der Waals surface area contributed by atoms with Gasteiger partial charge in [0.15, 0.2) is 0 Å². The molecule has 1 amide bonds. The highest BCUT2D eigenvalue weighted by Gasteiger charge is 2.16. The van der Waals surface area contributed by atoms with E-state index in [9.17, 15) is 4.79 Å². The number of hydrogen-bond acceptors (Lipinski definition) is 5. The summed E-state index contributed by atoms with van der Waals surface area (Å²) in [6.45, 7) is 10.3. The van der Waals surface area contributed by atoms with E-state index in [4.69, 9.17) is 0 Å². The van der Waals surface area contributed by atoms with Gasteiger partial charge in [-0.2, -0.15) is 4.98 Å². The predicted molar refractivity (Wildman–Crippen MR) is 111 cm³/mol. The monoisotopic (exact) mass is 367 g/mol. The molecule has 0 bridgehead atoms. The topological polar surface area (TPSA) is 70.2 Å². The Kier molecular flexibility index (Phi) is 5.63. The minimum Gasteiger partial charge on any atom is -0.356 e. The third-order valence-corrected chi connectivity index (χ3v) is 4.39. The molecule has 1 aromatic carbocycles. The first-order chi connectivity index (χ1) is 12.8. The molecule has 144 valence electrons. The second-order valence-corrected chi connectivity index (χ2v) is 8.37. The lowest BCUT2D eigenvalue weighted by molar-refractivity contribution is -0.117. The Labute approximate surface area is 161 Å². The second-order valence-electron chi connectivity index (χ2n) is 8.37. The molecule has 1 aromatic heterocycles. The van der Waals surface area contributed by atoms with Gasteiger partial charge in [-0.05, 0) is 49.4 Å². The van der Waals surface area contributed by atoms with Crippen molar-refractivity contribution in [2.75, 3.05) is 28.6 Å². The van der Waals surface area contributed by atoms with Gasteiger partial charge in [-0.15, -0.1) is 0 Å². The summed E-state index contributed by atoms with van der Waals surface area (Å²) in [4.78, 5) is 23.5. The van der Waals surface area contributed by atoms with Crippen LogP contribution in [0.1, 0.15) is 45.7 Å². The molecule has 0 unspecified atom stereocenters. The molecule has 1 fully saturated rings. The van der Waals surface area contributed by atoms with E-state index in [1.165, 1.54) is 12.8 Å². The molecular formula is C21H29N5O. The van der Waals surface area contributed by atoms with E-state index < -0.39 is 0 Å². The maximum absolute atomic E-state index is 12.1. The molecule has 1 saturated heterocycles. The van der Waals surface area contributed by atoms with Gasteiger partial charge < -0.3 is 15.5 Å². The van der Waals surface area contributed by atoms with Crippen molar-refractivity contribution in [3.8, 4) is 0 Å². The third-order valence-electron chi connectivity index (χ3n) is 4.39. The van der Waals surface area contributed by atoms with E-state index >= 15 is 0 Å². The van der Waals surface area contributed by atoms with Crippen LogP contribution in [-0.2, 0) is 4.79 Å². The third kappa shape index (κ3) is 5.67. The van der Waals surface area contributed by atoms with Crippen LogP contribution in [0.3, 0.4) is 0 Å². The Bertz CT molecular complexity index is 789. The normalized spacial score (nSPS) is 14.3. The average Bonchev–Trinajstić information content (AvgIpc) is 3.09. The van der Waals surface area contributed by atoms with E-state index in [2.05, 4.69) is 46.3 Å². The number of rotatable bonds is 5. The lowest BCUT2D eigenvalue weighted by atomic mass is 9.92. The van der Waals surface area contributed by atoms with Gasteiger partial charge in [-0.1, -0.05) is 20.8 Å². The fourth-order valence-corrected chi connectivity index (χ4v) is 3.17. The fourth-order valence-electron chi connectivity index (χ4n) is 3.17. The number of benzene rings is 1. The van der Waals surface area contributed by atoms with E-state index in [-0.39, 0.29) is 11.3 Å². The summed E-state index contributed by atoms with van der Waals surface area (Å²) in [6.07, 6.45) is 2.92. The molecule has 0 radical (unpaired) electrons. The van der Waals surface area contributed by atoms with Crippen LogP contribution in [0.25, 0.3) is 0 Å². The van der Waals surface area contributed by atoms with E-state index in [0.29, 0.717) is 12.4 Å². The van der Waals surface area contributed by atoms with E-state index in [1.807, 2.05) is 37.3 Å². The van der Waals surface area contributed by atoms with Gasteiger partial charge in [-0.25, -0.2) is 4.98 Å². The largest absolute Gasteiger partial charge is 0.356 e. The van der Waals surface area contributed by atoms with Gasteiger partial charge in [0.05, 0.1) is 0 Å². The SMILES string of the molecule is Cc1cc(N2CCCC2)nc(Nc2ccc(NC(=O)CC(C)(C)C)cc2)n1. The number of amides is 1. The van der Waals surface area contributed by atoms with E-state index in [0.717, 1.165) is 36.0 Å². The smallest absolute Gasteiger partial charge is 0.229 e. The summed E-state index contributed by atoms with van der Waals surface area (Å²) in [6, 6.07) is 9.66. The molecule has 1 aliphatic rings. The summed E-state index contributed by atoms with van der Waals surface area (Å²) in [5.74, 6) is 1.61. The first-order valence-corrected chi connectivity index (χ1v) is 9.56. The van der Waals surface area contributed by atoms with Crippen molar-refractivity contribution in [1.82, 2.24) is 9.97 Å². The number of aromatic nitrogens is 2. The second kappa shape index (κ2) is 7.94. The van der Waals surface area contributed by atoms with Crippen molar-refractivity contribution >= 4 is 29.0 Å². The van der Waals surface area contributed by atoms with Crippen molar-refractivity contribution in [2.45, 2.75) is 47.0 Å². The lowest BCUT2D eigenvalue weighted by Gasteiger charge is -2.18. The van der Waals surface area contributed by atoms with Gasteiger partial charge in [0.25, 0.3) is 0 Å². The maximum atomic E-state index is 12.1. The minimum absolute atomic E-state index is 0.0267. The first kappa shape index (κ1) is 19.1. The predicted octanol–water partition coefficient (Wildman–Crippen LogP) is 4.50. The Balaban J connectivity index is 1.65. The van der Waals surface area contributed by atoms with Crippen molar-refractivity contribution in [3.63, 3.8) is 0 Å². The Morgan fingerprint density at radius 1 is 1.07 bits per heavy atom. The van der Waals surface area contributed by atoms with Gasteiger partial charge in [0.2, 0.25) is 11.9 Å². The molecule has 0 saturated carbocycles. The van der Waals surface area contributed by atoms with Crippen molar-refractivity contribution in [2.24, 2.45) is 5.41 Å². The van der Waals surface area contributed by atoms with Crippen LogP contribution >= 0.6 is 0 Å².